The Hall–Kier alpha value is -5.20. The van der Waals surface area contributed by atoms with E-state index < -0.39 is 40.9 Å². The molecule has 13 heteroatoms. The van der Waals surface area contributed by atoms with Crippen molar-refractivity contribution >= 4 is 29.7 Å². The van der Waals surface area contributed by atoms with Gasteiger partial charge in [-0.3, -0.25) is 19.2 Å². The van der Waals surface area contributed by atoms with Crippen LogP contribution in [0.25, 0.3) is 5.69 Å². The summed E-state index contributed by atoms with van der Waals surface area (Å²) < 4.78 is 18.1. The van der Waals surface area contributed by atoms with E-state index in [0.717, 1.165) is 5.56 Å². The van der Waals surface area contributed by atoms with Gasteiger partial charge >= 0.3 is 12.1 Å². The molecule has 13 nitrogen and oxygen atoms in total. The van der Waals surface area contributed by atoms with Crippen molar-refractivity contribution in [2.24, 2.45) is 5.41 Å². The maximum Gasteiger partial charge on any atom is 0.410 e. The van der Waals surface area contributed by atoms with Crippen LogP contribution in [0, 0.1) is 5.41 Å². The Bertz CT molecular complexity index is 1640. The Morgan fingerprint density at radius 3 is 2.04 bits per heavy atom. The third-order valence-corrected chi connectivity index (χ3v) is 7.81. The molecule has 2 heterocycles. The number of amides is 3. The minimum absolute atomic E-state index is 0.0261. The predicted molar refractivity (Wildman–Crippen MR) is 185 cm³/mol. The number of rotatable bonds is 12. The van der Waals surface area contributed by atoms with E-state index in [9.17, 15) is 24.0 Å². The summed E-state index contributed by atoms with van der Waals surface area (Å²) in [5, 5.41) is 7.21. The lowest BCUT2D eigenvalue weighted by Gasteiger charge is -2.36. The number of nitrogens with zero attached hydrogens (tertiary/aromatic N) is 4. The van der Waals surface area contributed by atoms with Gasteiger partial charge in [0.25, 0.3) is 5.91 Å². The first kappa shape index (κ1) is 37.6. The molecule has 0 saturated carbocycles. The molecule has 50 heavy (non-hydrogen) atoms. The second-order valence-corrected chi connectivity index (χ2v) is 14.1. The molecule has 1 aromatic heterocycles. The summed E-state index contributed by atoms with van der Waals surface area (Å²) in [4.78, 5) is 68.5. The van der Waals surface area contributed by atoms with E-state index in [1.807, 2.05) is 36.4 Å². The van der Waals surface area contributed by atoms with Crippen molar-refractivity contribution in [1.29, 1.82) is 0 Å². The third-order valence-electron chi connectivity index (χ3n) is 7.81. The van der Waals surface area contributed by atoms with Gasteiger partial charge in [-0.2, -0.15) is 5.10 Å². The molecule has 0 bridgehead atoms. The van der Waals surface area contributed by atoms with E-state index in [2.05, 4.69) is 10.4 Å². The van der Waals surface area contributed by atoms with Crippen LogP contribution in [0.3, 0.4) is 0 Å². The maximum atomic E-state index is 13.9. The molecule has 1 saturated heterocycles. The Morgan fingerprint density at radius 2 is 1.44 bits per heavy atom. The largest absolute Gasteiger partial charge is 0.470 e. The molecule has 1 N–H and O–H groups in total. The highest BCUT2D eigenvalue weighted by Crippen LogP contribution is 2.22. The molecule has 4 rings (SSSR count). The molecule has 1 aliphatic heterocycles. The molecule has 1 atom stereocenters. The molecule has 3 amide bonds. The molecule has 1 fully saturated rings. The van der Waals surface area contributed by atoms with Gasteiger partial charge in [-0.1, -0.05) is 69.3 Å². The van der Waals surface area contributed by atoms with Gasteiger partial charge in [0, 0.05) is 44.1 Å². The van der Waals surface area contributed by atoms with Crippen LogP contribution in [0.5, 0.6) is 5.88 Å². The van der Waals surface area contributed by atoms with Crippen LogP contribution >= 0.6 is 0 Å². The lowest BCUT2D eigenvalue weighted by molar-refractivity contribution is -0.155. The predicted octanol–water partition coefficient (Wildman–Crippen LogP) is 4.57. The number of Topliss-reactive ketones (excluding diaryl/α,β-unsaturated/α-hetero) is 1. The molecule has 2 aromatic carbocycles. The average Bonchev–Trinajstić information content (AvgIpc) is 3.52. The fraction of sp³-hybridized carbons (Fsp3) is 0.459. The van der Waals surface area contributed by atoms with Gasteiger partial charge in [-0.05, 0) is 44.9 Å². The quantitative estimate of drug-likeness (QED) is 0.270. The van der Waals surface area contributed by atoms with E-state index in [1.165, 1.54) is 15.6 Å². The van der Waals surface area contributed by atoms with Crippen molar-refractivity contribution in [3.63, 3.8) is 0 Å². The summed E-state index contributed by atoms with van der Waals surface area (Å²) in [6.07, 6.45) is -0.629. The number of carbonyl (C=O) groups excluding carboxylic acids is 5. The van der Waals surface area contributed by atoms with E-state index >= 15 is 0 Å². The summed E-state index contributed by atoms with van der Waals surface area (Å²) >= 11 is 0. The summed E-state index contributed by atoms with van der Waals surface area (Å²) in [5.74, 6) is -1.55. The van der Waals surface area contributed by atoms with Gasteiger partial charge in [-0.15, -0.1) is 0 Å². The number of carbonyl (C=O) groups is 5. The monoisotopic (exact) mass is 689 g/mol. The first-order chi connectivity index (χ1) is 23.6. The van der Waals surface area contributed by atoms with Crippen LogP contribution in [0.2, 0.25) is 0 Å². The Balaban J connectivity index is 1.47. The van der Waals surface area contributed by atoms with Gasteiger partial charge in [-0.25, -0.2) is 9.48 Å². The molecular weight excluding hydrogens is 642 g/mol. The molecule has 1 aliphatic rings. The van der Waals surface area contributed by atoms with Crippen LogP contribution in [0.4, 0.5) is 4.79 Å². The summed E-state index contributed by atoms with van der Waals surface area (Å²) in [6.45, 7) is 11.4. The summed E-state index contributed by atoms with van der Waals surface area (Å²) in [5.41, 5.74) is 0.0628. The average molecular weight is 690 g/mol. The molecule has 0 radical (unpaired) electrons. The summed E-state index contributed by atoms with van der Waals surface area (Å²) in [6, 6.07) is 18.6. The van der Waals surface area contributed by atoms with Crippen molar-refractivity contribution in [3.8, 4) is 11.6 Å². The Labute approximate surface area is 292 Å². The number of aromatic nitrogens is 2. The highest BCUT2D eigenvalue weighted by atomic mass is 16.6. The number of hydrogen-bond acceptors (Lipinski definition) is 9. The molecular formula is C37H47N5O8. The molecule has 3 aromatic rings. The van der Waals surface area contributed by atoms with Crippen molar-refractivity contribution < 1.29 is 38.2 Å². The zero-order chi connectivity index (χ0) is 36.5. The third kappa shape index (κ3) is 10.9. The Kier molecular flexibility index (Phi) is 12.4. The number of esters is 1. The highest BCUT2D eigenvalue weighted by molar-refractivity contribution is 5.96. The zero-order valence-electron chi connectivity index (χ0n) is 29.6. The molecule has 0 spiro atoms. The lowest BCUT2D eigenvalue weighted by atomic mass is 9.91. The number of para-hydroxylation sites is 1. The van der Waals surface area contributed by atoms with Crippen molar-refractivity contribution in [1.82, 2.24) is 24.9 Å². The van der Waals surface area contributed by atoms with Crippen LogP contribution in [-0.4, -0.2) is 93.7 Å². The van der Waals surface area contributed by atoms with Gasteiger partial charge in [0.05, 0.1) is 5.69 Å². The first-order valence-corrected chi connectivity index (χ1v) is 16.7. The van der Waals surface area contributed by atoms with Crippen LogP contribution in [0.15, 0.2) is 66.7 Å². The van der Waals surface area contributed by atoms with Crippen LogP contribution in [0.1, 0.15) is 70.4 Å². The van der Waals surface area contributed by atoms with E-state index in [0.29, 0.717) is 5.69 Å². The number of hydrogen-bond donors (Lipinski definition) is 1. The fourth-order valence-electron chi connectivity index (χ4n) is 4.97. The minimum Gasteiger partial charge on any atom is -0.470 e. The Morgan fingerprint density at radius 1 is 0.840 bits per heavy atom. The minimum atomic E-state index is -1.10. The number of nitrogens with one attached hydrogen (secondary N) is 1. The van der Waals surface area contributed by atoms with Crippen molar-refractivity contribution in [2.75, 3.05) is 32.8 Å². The molecule has 0 aliphatic carbocycles. The zero-order valence-corrected chi connectivity index (χ0v) is 29.6. The van der Waals surface area contributed by atoms with E-state index in [-0.39, 0.29) is 69.6 Å². The summed E-state index contributed by atoms with van der Waals surface area (Å²) in [7, 11) is 0. The van der Waals surface area contributed by atoms with Gasteiger partial charge < -0.3 is 29.3 Å². The molecule has 268 valence electrons. The topological polar surface area (TPSA) is 149 Å². The molecule has 0 unspecified atom stereocenters. The van der Waals surface area contributed by atoms with Crippen molar-refractivity contribution in [2.45, 2.75) is 72.6 Å². The second kappa shape index (κ2) is 16.5. The number of piperazine rings is 1. The maximum absolute atomic E-state index is 13.9. The smallest absolute Gasteiger partial charge is 0.410 e. The van der Waals surface area contributed by atoms with Crippen LogP contribution in [-0.2, 0) is 30.5 Å². The van der Waals surface area contributed by atoms with Crippen molar-refractivity contribution in [3.05, 3.63) is 78.0 Å². The second-order valence-electron chi connectivity index (χ2n) is 14.1. The number of ketones is 1. The van der Waals surface area contributed by atoms with Gasteiger partial charge in [0.1, 0.15) is 24.9 Å². The standard InChI is InChI=1S/C37H47N5O8/c1-36(2,3)30(43)25-48-31-23-29(39-42(31)27-15-11-8-12-16-27)33(45)38-28(17-18-32(44)50-37(4,5)6)34(46)40-19-21-41(22-20-40)35(47)49-24-26-13-9-7-10-14-26/h7-16,23,28H,17-22,24-25H2,1-6H3,(H,38,45)/t28-/m0/s1. The van der Waals surface area contributed by atoms with Gasteiger partial charge in [0.2, 0.25) is 11.8 Å². The fourth-order valence-corrected chi connectivity index (χ4v) is 4.97. The van der Waals surface area contributed by atoms with E-state index in [1.54, 1.807) is 70.7 Å². The number of benzene rings is 2. The number of ether oxygens (including phenoxy) is 3. The lowest BCUT2D eigenvalue weighted by Crippen LogP contribution is -2.56. The van der Waals surface area contributed by atoms with E-state index in [4.69, 9.17) is 14.2 Å². The first-order valence-electron chi connectivity index (χ1n) is 16.7. The van der Waals surface area contributed by atoms with Gasteiger partial charge in [0.15, 0.2) is 11.5 Å². The van der Waals surface area contributed by atoms with Crippen LogP contribution < -0.4 is 10.1 Å². The normalized spacial score (nSPS) is 14.0. The highest BCUT2D eigenvalue weighted by Gasteiger charge is 2.32. The SMILES string of the molecule is CC(C)(C)OC(=O)CC[C@H](NC(=O)c1cc(OCC(=O)C(C)(C)C)n(-c2ccccc2)n1)C(=O)N1CCN(C(=O)OCc2ccccc2)CC1.